The van der Waals surface area contributed by atoms with Gasteiger partial charge in [-0.15, -0.1) is 0 Å². The summed E-state index contributed by atoms with van der Waals surface area (Å²) in [5.41, 5.74) is 6.53. The minimum absolute atomic E-state index is 0.0618. The smallest absolute Gasteiger partial charge is 0.269 e. The number of nitrogen functional groups attached to an aromatic ring is 1. The molecule has 0 radical (unpaired) electrons. The van der Waals surface area contributed by atoms with Gasteiger partial charge in [-0.25, -0.2) is 4.98 Å². The van der Waals surface area contributed by atoms with Crippen molar-refractivity contribution < 1.29 is 4.92 Å². The van der Waals surface area contributed by atoms with Crippen molar-refractivity contribution in [3.8, 4) is 0 Å². The van der Waals surface area contributed by atoms with Crippen LogP contribution in [0.15, 0.2) is 34.9 Å². The molecular weight excluding hydrogens is 314 g/mol. The Morgan fingerprint density at radius 1 is 1.32 bits per heavy atom. The van der Waals surface area contributed by atoms with Crippen LogP contribution in [0.5, 0.6) is 0 Å². The van der Waals surface area contributed by atoms with E-state index in [0.29, 0.717) is 22.9 Å². The van der Waals surface area contributed by atoms with E-state index < -0.39 is 4.92 Å². The lowest BCUT2D eigenvalue weighted by Crippen LogP contribution is -2.05. The average Bonchev–Trinajstić information content (AvgIpc) is 2.36. The van der Waals surface area contributed by atoms with Crippen molar-refractivity contribution in [3.05, 3.63) is 50.6 Å². The van der Waals surface area contributed by atoms with Crippen molar-refractivity contribution in [3.63, 3.8) is 0 Å². The summed E-state index contributed by atoms with van der Waals surface area (Å²) in [6, 6.07) is 7.84. The van der Waals surface area contributed by atoms with Crippen LogP contribution in [-0.2, 0) is 6.54 Å². The zero-order chi connectivity index (χ0) is 13.8. The van der Waals surface area contributed by atoms with Gasteiger partial charge in [0.1, 0.15) is 10.4 Å². The number of nitrogens with zero attached hydrogens (tertiary/aromatic N) is 3. The SMILES string of the molecule is Nc1cc(Br)nc(NCc2ccc([N+](=O)[O-])cc2)n1. The number of non-ortho nitro benzene ring substituents is 1. The first kappa shape index (κ1) is 13.2. The number of nitrogens with two attached hydrogens (primary N) is 1. The molecule has 1 heterocycles. The van der Waals surface area contributed by atoms with E-state index in [2.05, 4.69) is 31.2 Å². The first-order valence-electron chi connectivity index (χ1n) is 5.32. The van der Waals surface area contributed by atoms with Crippen LogP contribution < -0.4 is 11.1 Å². The molecule has 0 bridgehead atoms. The molecule has 0 aliphatic carbocycles. The van der Waals surface area contributed by atoms with Crippen molar-refractivity contribution in [2.75, 3.05) is 11.1 Å². The Kier molecular flexibility index (Phi) is 3.91. The Balaban J connectivity index is 2.03. The van der Waals surface area contributed by atoms with E-state index >= 15 is 0 Å². The first-order chi connectivity index (χ1) is 9.04. The summed E-state index contributed by atoms with van der Waals surface area (Å²) in [5, 5.41) is 13.5. The molecule has 2 rings (SSSR count). The van der Waals surface area contributed by atoms with Crippen LogP contribution >= 0.6 is 15.9 Å². The largest absolute Gasteiger partial charge is 0.383 e. The van der Waals surface area contributed by atoms with Crippen LogP contribution in [0.2, 0.25) is 0 Å². The van der Waals surface area contributed by atoms with E-state index in [9.17, 15) is 10.1 Å². The maximum Gasteiger partial charge on any atom is 0.269 e. The fourth-order valence-corrected chi connectivity index (χ4v) is 1.83. The van der Waals surface area contributed by atoms with Gasteiger partial charge in [0, 0.05) is 24.7 Å². The second-order valence-electron chi connectivity index (χ2n) is 3.72. The van der Waals surface area contributed by atoms with E-state index in [0.717, 1.165) is 5.56 Å². The number of aromatic nitrogens is 2. The zero-order valence-electron chi connectivity index (χ0n) is 9.71. The normalized spacial score (nSPS) is 10.2. The van der Waals surface area contributed by atoms with E-state index in [-0.39, 0.29) is 5.69 Å². The third-order valence-corrected chi connectivity index (χ3v) is 2.72. The van der Waals surface area contributed by atoms with E-state index in [1.165, 1.54) is 12.1 Å². The molecule has 0 atom stereocenters. The first-order valence-corrected chi connectivity index (χ1v) is 6.11. The highest BCUT2D eigenvalue weighted by atomic mass is 79.9. The topological polar surface area (TPSA) is 107 Å². The number of nitro benzene ring substituents is 1. The Morgan fingerprint density at radius 2 is 2.00 bits per heavy atom. The summed E-state index contributed by atoms with van der Waals surface area (Å²) in [7, 11) is 0. The van der Waals surface area contributed by atoms with Gasteiger partial charge in [-0.05, 0) is 21.5 Å². The molecule has 0 aliphatic rings. The monoisotopic (exact) mass is 323 g/mol. The maximum atomic E-state index is 10.5. The highest BCUT2D eigenvalue weighted by Crippen LogP contribution is 2.15. The second kappa shape index (κ2) is 5.61. The lowest BCUT2D eigenvalue weighted by atomic mass is 10.2. The number of rotatable bonds is 4. The number of anilines is 2. The fraction of sp³-hybridized carbons (Fsp3) is 0.0909. The number of benzene rings is 1. The van der Waals surface area contributed by atoms with Crippen molar-refractivity contribution in [1.82, 2.24) is 9.97 Å². The van der Waals surface area contributed by atoms with E-state index in [1.54, 1.807) is 18.2 Å². The van der Waals surface area contributed by atoms with Gasteiger partial charge in [0.25, 0.3) is 5.69 Å². The Bertz CT molecular complexity index is 582. The van der Waals surface area contributed by atoms with Crippen LogP contribution in [0.25, 0.3) is 0 Å². The molecule has 1 aromatic carbocycles. The maximum absolute atomic E-state index is 10.5. The lowest BCUT2D eigenvalue weighted by Gasteiger charge is -2.05. The third kappa shape index (κ3) is 3.62. The van der Waals surface area contributed by atoms with Crippen molar-refractivity contribution in [1.29, 1.82) is 0 Å². The summed E-state index contributed by atoms with van der Waals surface area (Å²) in [6.45, 7) is 0.452. The van der Waals surface area contributed by atoms with Gasteiger partial charge >= 0.3 is 0 Å². The molecule has 19 heavy (non-hydrogen) atoms. The minimum atomic E-state index is -0.435. The molecule has 0 spiro atoms. The second-order valence-corrected chi connectivity index (χ2v) is 4.53. The molecular formula is C11H10BrN5O2. The van der Waals surface area contributed by atoms with Crippen LogP contribution in [0.1, 0.15) is 5.56 Å². The molecule has 0 fully saturated rings. The van der Waals surface area contributed by atoms with Crippen LogP contribution in [0.4, 0.5) is 17.5 Å². The Morgan fingerprint density at radius 3 is 2.58 bits per heavy atom. The quantitative estimate of drug-likeness (QED) is 0.508. The molecule has 3 N–H and O–H groups in total. The predicted molar refractivity (Wildman–Crippen MR) is 74.6 cm³/mol. The van der Waals surface area contributed by atoms with E-state index in [4.69, 9.17) is 5.73 Å². The van der Waals surface area contributed by atoms with Gasteiger partial charge in [0.05, 0.1) is 4.92 Å². The van der Waals surface area contributed by atoms with Crippen LogP contribution in [0.3, 0.4) is 0 Å². The van der Waals surface area contributed by atoms with Crippen LogP contribution in [0, 0.1) is 10.1 Å². The molecule has 0 amide bonds. The fourth-order valence-electron chi connectivity index (χ4n) is 1.43. The highest BCUT2D eigenvalue weighted by molar-refractivity contribution is 9.10. The summed E-state index contributed by atoms with van der Waals surface area (Å²) in [6.07, 6.45) is 0. The molecule has 0 unspecified atom stereocenters. The zero-order valence-corrected chi connectivity index (χ0v) is 11.3. The molecule has 8 heteroatoms. The highest BCUT2D eigenvalue weighted by Gasteiger charge is 2.04. The number of hydrogen-bond donors (Lipinski definition) is 2. The van der Waals surface area contributed by atoms with Crippen molar-refractivity contribution in [2.45, 2.75) is 6.54 Å². The standard InChI is InChI=1S/C11H10BrN5O2/c12-9-5-10(13)16-11(15-9)14-6-7-1-3-8(4-2-7)17(18)19/h1-5H,6H2,(H3,13,14,15,16). The molecule has 98 valence electrons. The van der Waals surface area contributed by atoms with Gasteiger partial charge in [0.15, 0.2) is 0 Å². The molecule has 2 aromatic rings. The van der Waals surface area contributed by atoms with Crippen molar-refractivity contribution in [2.24, 2.45) is 0 Å². The van der Waals surface area contributed by atoms with E-state index in [1.807, 2.05) is 0 Å². The third-order valence-electron chi connectivity index (χ3n) is 2.31. The molecule has 0 saturated carbocycles. The summed E-state index contributed by atoms with van der Waals surface area (Å²) >= 11 is 3.22. The number of hydrogen-bond acceptors (Lipinski definition) is 6. The molecule has 0 aliphatic heterocycles. The number of nitrogens with one attached hydrogen (secondary N) is 1. The predicted octanol–water partition coefficient (Wildman–Crippen LogP) is 2.34. The number of nitro groups is 1. The van der Waals surface area contributed by atoms with Gasteiger partial charge in [-0.2, -0.15) is 4.98 Å². The van der Waals surface area contributed by atoms with Crippen molar-refractivity contribution >= 4 is 33.4 Å². The average molecular weight is 324 g/mol. The summed E-state index contributed by atoms with van der Waals surface area (Å²) in [5.74, 6) is 0.748. The lowest BCUT2D eigenvalue weighted by molar-refractivity contribution is -0.384. The van der Waals surface area contributed by atoms with Crippen LogP contribution in [-0.4, -0.2) is 14.9 Å². The van der Waals surface area contributed by atoms with Gasteiger partial charge in [-0.3, -0.25) is 10.1 Å². The number of halogens is 1. The Labute approximate surface area is 117 Å². The molecule has 1 aromatic heterocycles. The molecule has 0 saturated heterocycles. The van der Waals surface area contributed by atoms with Gasteiger partial charge in [0.2, 0.25) is 5.95 Å². The summed E-state index contributed by atoms with van der Waals surface area (Å²) in [4.78, 5) is 18.2. The minimum Gasteiger partial charge on any atom is -0.383 e. The molecule has 7 nitrogen and oxygen atoms in total. The van der Waals surface area contributed by atoms with Gasteiger partial charge in [-0.1, -0.05) is 12.1 Å². The Hall–Kier alpha value is -2.22. The van der Waals surface area contributed by atoms with Gasteiger partial charge < -0.3 is 11.1 Å². The summed E-state index contributed by atoms with van der Waals surface area (Å²) < 4.78 is 0.589.